The summed E-state index contributed by atoms with van der Waals surface area (Å²) in [7, 11) is 7.15. The lowest BCUT2D eigenvalue weighted by molar-refractivity contribution is -0.906. The fourth-order valence-electron chi connectivity index (χ4n) is 3.99. The van der Waals surface area contributed by atoms with Gasteiger partial charge in [-0.25, -0.2) is 0 Å². The van der Waals surface area contributed by atoms with Gasteiger partial charge in [-0.2, -0.15) is 0 Å². The van der Waals surface area contributed by atoms with E-state index < -0.39 is 8.80 Å². The van der Waals surface area contributed by atoms with E-state index in [1.165, 1.54) is 64.2 Å². The molecule has 0 saturated carbocycles. The fourth-order valence-corrected chi connectivity index (χ4v) is 6.79. The van der Waals surface area contributed by atoms with Gasteiger partial charge < -0.3 is 30.2 Å². The molecule has 0 aliphatic heterocycles. The largest absolute Gasteiger partial charge is 1.00 e. The van der Waals surface area contributed by atoms with Crippen LogP contribution in [0.25, 0.3) is 0 Å². The van der Waals surface area contributed by atoms with E-state index >= 15 is 0 Å². The molecule has 0 aliphatic carbocycles. The highest BCUT2D eigenvalue weighted by atomic mass is 35.5. The molecule has 1 atom stereocenters. The number of hydrogen-bond donors (Lipinski definition) is 0. The summed E-state index contributed by atoms with van der Waals surface area (Å²) in [6, 6.07) is 0. The third-order valence-corrected chi connectivity index (χ3v) is 9.21. The quantitative estimate of drug-likeness (QED) is 0.208. The van der Waals surface area contributed by atoms with Crippen molar-refractivity contribution in [2.75, 3.05) is 42.0 Å². The lowest BCUT2D eigenvalue weighted by Crippen LogP contribution is -3.00. The molecule has 26 heavy (non-hydrogen) atoms. The average molecular weight is 412 g/mol. The van der Waals surface area contributed by atoms with Crippen molar-refractivity contribution in [2.45, 2.75) is 90.1 Å². The molecule has 0 fully saturated rings. The predicted molar refractivity (Wildman–Crippen MR) is 110 cm³/mol. The Morgan fingerprint density at radius 1 is 0.692 bits per heavy atom. The first-order valence-electron chi connectivity index (χ1n) is 10.4. The zero-order valence-corrected chi connectivity index (χ0v) is 20.4. The van der Waals surface area contributed by atoms with Crippen LogP contribution in [-0.2, 0) is 13.3 Å². The summed E-state index contributed by atoms with van der Waals surface area (Å²) in [5.41, 5.74) is 0.283. The molecule has 6 heteroatoms. The first-order valence-corrected chi connectivity index (χ1v) is 12.2. The van der Waals surface area contributed by atoms with E-state index in [2.05, 4.69) is 27.9 Å². The minimum absolute atomic E-state index is 0. The summed E-state index contributed by atoms with van der Waals surface area (Å²) < 4.78 is 18.2. The normalized spacial score (nSPS) is 13.5. The van der Waals surface area contributed by atoms with E-state index in [0.717, 1.165) is 17.4 Å². The third-order valence-electron chi connectivity index (χ3n) is 5.58. The zero-order valence-electron chi connectivity index (χ0n) is 18.6. The molecule has 0 rings (SSSR count). The van der Waals surface area contributed by atoms with Crippen molar-refractivity contribution >= 4 is 8.80 Å². The molecule has 0 aliphatic rings. The lowest BCUT2D eigenvalue weighted by Gasteiger charge is -2.43. The number of nitrogens with zero attached hydrogens (tertiary/aromatic N) is 1. The predicted octanol–water partition coefficient (Wildman–Crippen LogP) is 2.18. The first-order chi connectivity index (χ1) is 11.9. The molecule has 0 saturated heterocycles. The maximum Gasteiger partial charge on any atom is 0.561 e. The molecule has 0 bridgehead atoms. The molecular formula is C20H46ClNO3Si. The number of halogens is 1. The summed E-state index contributed by atoms with van der Waals surface area (Å²) in [6.45, 7) is 5.64. The van der Waals surface area contributed by atoms with E-state index in [0.29, 0.717) is 0 Å². The smallest absolute Gasteiger partial charge is 0.561 e. The van der Waals surface area contributed by atoms with Crippen LogP contribution in [-0.4, -0.2) is 60.9 Å². The van der Waals surface area contributed by atoms with Gasteiger partial charge in [0.2, 0.25) is 0 Å². The van der Waals surface area contributed by atoms with E-state index in [1.54, 1.807) is 21.3 Å². The van der Waals surface area contributed by atoms with Gasteiger partial charge in [0.25, 0.3) is 0 Å². The van der Waals surface area contributed by atoms with Crippen LogP contribution in [0.2, 0.25) is 0 Å². The maximum absolute atomic E-state index is 5.75. The van der Waals surface area contributed by atoms with Crippen LogP contribution in [0.1, 0.15) is 84.5 Å². The highest BCUT2D eigenvalue weighted by Crippen LogP contribution is 2.25. The van der Waals surface area contributed by atoms with Gasteiger partial charge in [0.05, 0.1) is 20.6 Å². The summed E-state index contributed by atoms with van der Waals surface area (Å²) in [6.07, 6.45) is 14.8. The first kappa shape index (κ1) is 28.6. The second-order valence-electron chi connectivity index (χ2n) is 7.82. The van der Waals surface area contributed by atoms with E-state index in [4.69, 9.17) is 13.3 Å². The second-order valence-corrected chi connectivity index (χ2v) is 10.9. The Morgan fingerprint density at radius 3 is 1.42 bits per heavy atom. The molecule has 0 aromatic carbocycles. The van der Waals surface area contributed by atoms with Crippen LogP contribution in [0.15, 0.2) is 0 Å². The van der Waals surface area contributed by atoms with E-state index in [1.807, 2.05) is 0 Å². The number of unbranched alkanes of at least 4 members (excludes halogenated alkanes) is 9. The fraction of sp³-hybridized carbons (Fsp3) is 1.00. The SMILES string of the molecule is CCCCCCCCCCCC[N+](C)(C)C(CC)[Si](OC)(OC)OC.[Cl-]. The molecule has 0 amide bonds. The van der Waals surface area contributed by atoms with Gasteiger partial charge in [-0.3, -0.25) is 0 Å². The highest BCUT2D eigenvalue weighted by Gasteiger charge is 2.55. The molecule has 0 N–H and O–H groups in total. The van der Waals surface area contributed by atoms with Crippen LogP contribution >= 0.6 is 0 Å². The van der Waals surface area contributed by atoms with Crippen molar-refractivity contribution in [1.82, 2.24) is 0 Å². The number of quaternary nitrogens is 1. The molecule has 160 valence electrons. The van der Waals surface area contributed by atoms with Gasteiger partial charge in [-0.15, -0.1) is 0 Å². The van der Waals surface area contributed by atoms with Gasteiger partial charge in [0, 0.05) is 27.8 Å². The Labute approximate surface area is 171 Å². The van der Waals surface area contributed by atoms with Crippen molar-refractivity contribution in [3.63, 3.8) is 0 Å². The van der Waals surface area contributed by atoms with Crippen molar-refractivity contribution in [2.24, 2.45) is 0 Å². The molecule has 0 spiro atoms. The van der Waals surface area contributed by atoms with Gasteiger partial charge >= 0.3 is 8.80 Å². The van der Waals surface area contributed by atoms with E-state index in [-0.39, 0.29) is 18.1 Å². The topological polar surface area (TPSA) is 27.7 Å². The van der Waals surface area contributed by atoms with Crippen LogP contribution < -0.4 is 12.4 Å². The Bertz CT molecular complexity index is 307. The van der Waals surface area contributed by atoms with Crippen LogP contribution in [0.5, 0.6) is 0 Å². The van der Waals surface area contributed by atoms with Crippen molar-refractivity contribution in [3.05, 3.63) is 0 Å². The lowest BCUT2D eigenvalue weighted by atomic mass is 10.1. The van der Waals surface area contributed by atoms with Crippen LogP contribution in [0.3, 0.4) is 0 Å². The Kier molecular flexibility index (Phi) is 17.9. The molecular weight excluding hydrogens is 366 g/mol. The monoisotopic (exact) mass is 411 g/mol. The standard InChI is InChI=1S/C20H46NO3Si.ClH/c1-8-10-11-12-13-14-15-16-17-18-19-21(3,4)20(9-2)25(22-5,23-6)24-7;/h20H,8-19H2,1-7H3;1H/q+1;/p-1. The molecule has 0 radical (unpaired) electrons. The van der Waals surface area contributed by atoms with Crippen molar-refractivity contribution in [3.8, 4) is 0 Å². The zero-order chi connectivity index (χ0) is 19.2. The van der Waals surface area contributed by atoms with E-state index in [9.17, 15) is 0 Å². The molecule has 1 unspecified atom stereocenters. The molecule has 0 heterocycles. The third kappa shape index (κ3) is 10.0. The maximum atomic E-state index is 5.75. The Hall–Kier alpha value is 0.347. The highest BCUT2D eigenvalue weighted by molar-refractivity contribution is 6.62. The van der Waals surface area contributed by atoms with Crippen molar-refractivity contribution in [1.29, 1.82) is 0 Å². The summed E-state index contributed by atoms with van der Waals surface area (Å²) in [4.78, 5) is 0. The summed E-state index contributed by atoms with van der Waals surface area (Å²) >= 11 is 0. The van der Waals surface area contributed by atoms with Crippen molar-refractivity contribution < 1.29 is 30.2 Å². The summed E-state index contributed by atoms with van der Waals surface area (Å²) in [5.74, 6) is 0. The van der Waals surface area contributed by atoms with Gasteiger partial charge in [0.1, 0.15) is 0 Å². The van der Waals surface area contributed by atoms with Crippen LogP contribution in [0.4, 0.5) is 0 Å². The molecule has 4 nitrogen and oxygen atoms in total. The number of rotatable bonds is 17. The molecule has 0 aromatic heterocycles. The average Bonchev–Trinajstić information content (AvgIpc) is 2.61. The van der Waals surface area contributed by atoms with Gasteiger partial charge in [-0.1, -0.05) is 65.2 Å². The molecule has 0 aromatic rings. The minimum atomic E-state index is -2.61. The van der Waals surface area contributed by atoms with Gasteiger partial charge in [-0.05, 0) is 12.8 Å². The Balaban J connectivity index is 0. The number of hydrogen-bond acceptors (Lipinski definition) is 3. The van der Waals surface area contributed by atoms with Gasteiger partial charge in [0.15, 0.2) is 5.67 Å². The summed E-state index contributed by atoms with van der Waals surface area (Å²) in [5, 5.41) is 0. The minimum Gasteiger partial charge on any atom is -1.00 e. The Morgan fingerprint density at radius 2 is 1.08 bits per heavy atom. The second kappa shape index (κ2) is 16.3. The van der Waals surface area contributed by atoms with Crippen LogP contribution in [0, 0.1) is 0 Å².